The van der Waals surface area contributed by atoms with Gasteiger partial charge >= 0.3 is 0 Å². The number of hydrogen-bond acceptors (Lipinski definition) is 7. The second-order valence-electron chi connectivity index (χ2n) is 10.2. The number of unbranched alkanes of at least 4 members (excludes halogenated alkanes) is 1. The second kappa shape index (κ2) is 11.1. The highest BCUT2D eigenvalue weighted by molar-refractivity contribution is 6.46. The molecular weight excluding hydrogens is 486 g/mol. The van der Waals surface area contributed by atoms with Gasteiger partial charge < -0.3 is 29.0 Å². The number of carbonyl (C=O) groups excluding carboxylic acids is 2. The molecule has 1 N–H and O–H groups in total. The molecular formula is C30H35NO7. The lowest BCUT2D eigenvalue weighted by Gasteiger charge is -2.28. The number of aliphatic hydroxyl groups is 1. The number of fused-ring (bicyclic) bond motifs is 1. The third-order valence-corrected chi connectivity index (χ3v) is 7.39. The van der Waals surface area contributed by atoms with E-state index in [0.29, 0.717) is 42.3 Å². The minimum absolute atomic E-state index is 0.0462. The summed E-state index contributed by atoms with van der Waals surface area (Å²) in [6.45, 7) is 5.53. The molecule has 2 aromatic rings. The van der Waals surface area contributed by atoms with E-state index in [1.165, 1.54) is 4.90 Å². The molecule has 3 heterocycles. The summed E-state index contributed by atoms with van der Waals surface area (Å²) >= 11 is 0. The van der Waals surface area contributed by atoms with Crippen molar-refractivity contribution in [2.45, 2.75) is 64.2 Å². The van der Waals surface area contributed by atoms with E-state index < -0.39 is 17.7 Å². The van der Waals surface area contributed by atoms with Crippen LogP contribution < -0.4 is 14.2 Å². The molecule has 0 radical (unpaired) electrons. The van der Waals surface area contributed by atoms with Crippen LogP contribution in [0.1, 0.15) is 62.3 Å². The van der Waals surface area contributed by atoms with Crippen molar-refractivity contribution in [3.63, 3.8) is 0 Å². The predicted molar refractivity (Wildman–Crippen MR) is 142 cm³/mol. The number of nitrogens with zero attached hydrogens (tertiary/aromatic N) is 1. The van der Waals surface area contributed by atoms with Gasteiger partial charge in [-0.05, 0) is 67.6 Å². The fourth-order valence-electron chi connectivity index (χ4n) is 5.45. The van der Waals surface area contributed by atoms with Crippen LogP contribution in [0.2, 0.25) is 0 Å². The van der Waals surface area contributed by atoms with Crippen LogP contribution in [0.15, 0.2) is 42.0 Å². The Bertz CT molecular complexity index is 1250. The van der Waals surface area contributed by atoms with Gasteiger partial charge in [0.15, 0.2) is 11.5 Å². The molecule has 0 aliphatic carbocycles. The number of Topliss-reactive ketones (excluding diaryl/α,β-unsaturated/α-hetero) is 1. The van der Waals surface area contributed by atoms with Gasteiger partial charge in [0.25, 0.3) is 11.7 Å². The fourth-order valence-corrected chi connectivity index (χ4v) is 5.45. The molecule has 202 valence electrons. The average molecular weight is 522 g/mol. The van der Waals surface area contributed by atoms with E-state index in [0.717, 1.165) is 37.0 Å². The Morgan fingerprint density at radius 1 is 1.16 bits per heavy atom. The molecule has 0 bridgehead atoms. The largest absolute Gasteiger partial charge is 0.507 e. The third-order valence-electron chi connectivity index (χ3n) is 7.39. The van der Waals surface area contributed by atoms with Crippen molar-refractivity contribution in [3.8, 4) is 17.2 Å². The Morgan fingerprint density at radius 3 is 2.74 bits per heavy atom. The van der Waals surface area contributed by atoms with Gasteiger partial charge in [-0.2, -0.15) is 0 Å². The smallest absolute Gasteiger partial charge is 0.295 e. The second-order valence-corrected chi connectivity index (χ2v) is 10.2. The van der Waals surface area contributed by atoms with Crippen molar-refractivity contribution in [2.75, 3.05) is 26.9 Å². The van der Waals surface area contributed by atoms with Crippen LogP contribution in [0.25, 0.3) is 5.76 Å². The first-order valence-corrected chi connectivity index (χ1v) is 13.4. The van der Waals surface area contributed by atoms with Gasteiger partial charge in [-0.15, -0.1) is 0 Å². The molecule has 3 atom stereocenters. The molecule has 0 aromatic heterocycles. The van der Waals surface area contributed by atoms with E-state index in [4.69, 9.17) is 18.9 Å². The van der Waals surface area contributed by atoms with Crippen molar-refractivity contribution in [1.29, 1.82) is 0 Å². The SMILES string of the molecule is CCCCOc1ccc([C@@H]2C(=C(O)c3ccc4c(c3)C[C@@H](C)O4)C(=O)C(=O)N2C[C@@H]2CCCO2)cc1OC. The Morgan fingerprint density at radius 2 is 2.00 bits per heavy atom. The highest BCUT2D eigenvalue weighted by atomic mass is 16.5. The number of methoxy groups -OCH3 is 1. The first kappa shape index (κ1) is 26.1. The Balaban J connectivity index is 1.57. The molecule has 0 spiro atoms. The normalized spacial score (nSPS) is 24.0. The molecule has 3 aliphatic rings. The number of hydrogen-bond donors (Lipinski definition) is 1. The van der Waals surface area contributed by atoms with Crippen molar-refractivity contribution >= 4 is 17.4 Å². The van der Waals surface area contributed by atoms with Crippen LogP contribution >= 0.6 is 0 Å². The minimum atomic E-state index is -0.791. The first-order valence-electron chi connectivity index (χ1n) is 13.4. The molecule has 0 saturated carbocycles. The van der Waals surface area contributed by atoms with Gasteiger partial charge in [-0.1, -0.05) is 19.4 Å². The van der Waals surface area contributed by atoms with Gasteiger partial charge in [-0.25, -0.2) is 0 Å². The summed E-state index contributed by atoms with van der Waals surface area (Å²) in [5, 5.41) is 11.5. The number of amides is 1. The van der Waals surface area contributed by atoms with Crippen LogP contribution in [0, 0.1) is 0 Å². The predicted octanol–water partition coefficient (Wildman–Crippen LogP) is 4.80. The van der Waals surface area contributed by atoms with Gasteiger partial charge in [0.2, 0.25) is 0 Å². The molecule has 1 amide bonds. The number of ether oxygens (including phenoxy) is 4. The summed E-state index contributed by atoms with van der Waals surface area (Å²) in [5.41, 5.74) is 2.15. The highest BCUT2D eigenvalue weighted by Crippen LogP contribution is 2.43. The van der Waals surface area contributed by atoms with E-state index in [2.05, 4.69) is 6.92 Å². The maximum atomic E-state index is 13.4. The molecule has 5 rings (SSSR count). The third kappa shape index (κ3) is 4.97. The van der Waals surface area contributed by atoms with Gasteiger partial charge in [0.05, 0.1) is 31.4 Å². The molecule has 8 heteroatoms. The number of ketones is 1. The lowest BCUT2D eigenvalue weighted by Crippen LogP contribution is -2.36. The van der Waals surface area contributed by atoms with Crippen molar-refractivity contribution in [3.05, 3.63) is 58.7 Å². The van der Waals surface area contributed by atoms with Gasteiger partial charge in [0, 0.05) is 25.1 Å². The first-order chi connectivity index (χ1) is 18.4. The van der Waals surface area contributed by atoms with Crippen LogP contribution in [0.4, 0.5) is 0 Å². The average Bonchev–Trinajstić information content (AvgIpc) is 3.63. The summed E-state index contributed by atoms with van der Waals surface area (Å²) in [7, 11) is 1.56. The number of benzene rings is 2. The van der Waals surface area contributed by atoms with E-state index in [9.17, 15) is 14.7 Å². The van der Waals surface area contributed by atoms with Crippen LogP contribution in [-0.4, -0.2) is 60.8 Å². The number of aliphatic hydroxyl groups excluding tert-OH is 1. The number of rotatable bonds is 9. The summed E-state index contributed by atoms with van der Waals surface area (Å²) < 4.78 is 23.1. The standard InChI is InChI=1S/C30H35NO7/c1-4-5-12-37-24-11-8-19(16-25(24)35-3)27-26(29(33)30(34)31(27)17-22-7-6-13-36-22)28(32)20-9-10-23-21(15-20)14-18(2)38-23/h8-11,15-16,18,22,27,32H,4-7,12-14,17H2,1-3H3/t18-,22+,27-/m1/s1. The van der Waals surface area contributed by atoms with Crippen molar-refractivity contribution < 1.29 is 33.6 Å². The zero-order chi connectivity index (χ0) is 26.8. The summed E-state index contributed by atoms with van der Waals surface area (Å²) in [6.07, 6.45) is 4.24. The lowest BCUT2D eigenvalue weighted by atomic mass is 9.94. The molecule has 8 nitrogen and oxygen atoms in total. The highest BCUT2D eigenvalue weighted by Gasteiger charge is 2.47. The summed E-state index contributed by atoms with van der Waals surface area (Å²) in [5.74, 6) is 0.310. The number of likely N-dealkylation sites (tertiary alicyclic amines) is 1. The van der Waals surface area contributed by atoms with Crippen molar-refractivity contribution in [1.82, 2.24) is 4.90 Å². The summed E-state index contributed by atoms with van der Waals surface area (Å²) in [6, 6.07) is 9.98. The molecule has 3 aliphatic heterocycles. The Kier molecular flexibility index (Phi) is 7.61. The number of carbonyl (C=O) groups is 2. The zero-order valence-electron chi connectivity index (χ0n) is 22.2. The zero-order valence-corrected chi connectivity index (χ0v) is 22.2. The lowest BCUT2D eigenvalue weighted by molar-refractivity contribution is -0.140. The van der Waals surface area contributed by atoms with Gasteiger partial charge in [-0.3, -0.25) is 9.59 Å². The maximum Gasteiger partial charge on any atom is 0.295 e. The molecule has 38 heavy (non-hydrogen) atoms. The fraction of sp³-hybridized carbons (Fsp3) is 0.467. The summed E-state index contributed by atoms with van der Waals surface area (Å²) in [4.78, 5) is 28.3. The van der Waals surface area contributed by atoms with E-state index in [-0.39, 0.29) is 30.1 Å². The van der Waals surface area contributed by atoms with E-state index in [1.807, 2.05) is 19.1 Å². The van der Waals surface area contributed by atoms with Crippen LogP contribution in [0.5, 0.6) is 17.2 Å². The Hall–Kier alpha value is -3.52. The van der Waals surface area contributed by atoms with Crippen LogP contribution in [0.3, 0.4) is 0 Å². The molecule has 2 fully saturated rings. The topological polar surface area (TPSA) is 94.5 Å². The van der Waals surface area contributed by atoms with E-state index in [1.54, 1.807) is 31.4 Å². The van der Waals surface area contributed by atoms with E-state index >= 15 is 0 Å². The molecule has 2 saturated heterocycles. The molecule has 0 unspecified atom stereocenters. The molecule has 2 aromatic carbocycles. The van der Waals surface area contributed by atoms with Gasteiger partial charge in [0.1, 0.15) is 17.6 Å². The van der Waals surface area contributed by atoms with Crippen LogP contribution in [-0.2, 0) is 20.7 Å². The van der Waals surface area contributed by atoms with Crippen molar-refractivity contribution in [2.24, 2.45) is 0 Å². The quantitative estimate of drug-likeness (QED) is 0.219. The minimum Gasteiger partial charge on any atom is -0.507 e. The Labute approximate surface area is 223 Å². The monoisotopic (exact) mass is 521 g/mol. The maximum absolute atomic E-state index is 13.4.